The highest BCUT2D eigenvalue weighted by Crippen LogP contribution is 2.26. The number of anilines is 2. The van der Waals surface area contributed by atoms with Crippen molar-refractivity contribution < 1.29 is 14.0 Å². The number of hydrogen-bond donors (Lipinski definition) is 2. The number of halogens is 1. The minimum absolute atomic E-state index is 0.0391. The molecular weight excluding hydrogens is 415 g/mol. The van der Waals surface area contributed by atoms with Crippen LogP contribution in [0.3, 0.4) is 0 Å². The van der Waals surface area contributed by atoms with Gasteiger partial charge in [-0.05, 0) is 37.6 Å². The SMILES string of the molecule is CCCc1cc(=O)[nH]c(-n2nc(C)cc2NC(=O)C2CC(=O)N(c3ccc(F)cc3)C2)n1. The van der Waals surface area contributed by atoms with Crippen LogP contribution in [0, 0.1) is 18.7 Å². The smallest absolute Gasteiger partial charge is 0.252 e. The lowest BCUT2D eigenvalue weighted by molar-refractivity contribution is -0.122. The van der Waals surface area contributed by atoms with Gasteiger partial charge in [-0.15, -0.1) is 0 Å². The maximum Gasteiger partial charge on any atom is 0.252 e. The van der Waals surface area contributed by atoms with Crippen LogP contribution >= 0.6 is 0 Å². The minimum atomic E-state index is -0.588. The fraction of sp³-hybridized carbons (Fsp3) is 0.318. The number of carbonyl (C=O) groups excluding carboxylic acids is 2. The van der Waals surface area contributed by atoms with Crippen molar-refractivity contribution in [2.75, 3.05) is 16.8 Å². The van der Waals surface area contributed by atoms with Crippen molar-refractivity contribution in [3.63, 3.8) is 0 Å². The molecule has 2 amide bonds. The summed E-state index contributed by atoms with van der Waals surface area (Å²) in [6, 6.07) is 8.68. The van der Waals surface area contributed by atoms with Crippen LogP contribution in [-0.2, 0) is 16.0 Å². The van der Waals surface area contributed by atoms with Gasteiger partial charge >= 0.3 is 0 Å². The summed E-state index contributed by atoms with van der Waals surface area (Å²) < 4.78 is 14.6. The van der Waals surface area contributed by atoms with Crippen LogP contribution in [0.25, 0.3) is 5.95 Å². The summed E-state index contributed by atoms with van der Waals surface area (Å²) in [5, 5.41) is 7.15. The highest BCUT2D eigenvalue weighted by Gasteiger charge is 2.35. The Labute approximate surface area is 183 Å². The number of H-pyrrole nitrogens is 1. The zero-order valence-electron chi connectivity index (χ0n) is 17.8. The molecule has 0 bridgehead atoms. The Morgan fingerprint density at radius 3 is 2.72 bits per heavy atom. The first-order valence-electron chi connectivity index (χ1n) is 10.4. The van der Waals surface area contributed by atoms with Crippen molar-refractivity contribution in [2.45, 2.75) is 33.1 Å². The molecule has 1 aromatic carbocycles. The number of aryl methyl sites for hydroxylation is 2. The van der Waals surface area contributed by atoms with Crippen molar-refractivity contribution in [1.29, 1.82) is 0 Å². The summed E-state index contributed by atoms with van der Waals surface area (Å²) >= 11 is 0. The molecule has 0 aliphatic carbocycles. The van der Waals surface area contributed by atoms with Gasteiger partial charge in [0.25, 0.3) is 5.56 Å². The molecule has 1 saturated heterocycles. The highest BCUT2D eigenvalue weighted by molar-refractivity contribution is 6.03. The molecule has 1 unspecified atom stereocenters. The van der Waals surface area contributed by atoms with Gasteiger partial charge in [0.15, 0.2) is 0 Å². The number of amides is 2. The standard InChI is InChI=1S/C22H23FN6O3/c1-3-4-16-11-19(30)26-22(24-16)29-18(9-13(2)27-29)25-21(32)14-10-20(31)28(12-14)17-7-5-15(23)6-8-17/h5-9,11,14H,3-4,10,12H2,1-2H3,(H,25,32)(H,24,26,30). The van der Waals surface area contributed by atoms with E-state index in [4.69, 9.17) is 0 Å². The van der Waals surface area contributed by atoms with Crippen molar-refractivity contribution in [2.24, 2.45) is 5.92 Å². The molecule has 0 saturated carbocycles. The number of hydrogen-bond acceptors (Lipinski definition) is 5. The maximum absolute atomic E-state index is 13.2. The van der Waals surface area contributed by atoms with E-state index in [9.17, 15) is 18.8 Å². The first kappa shape index (κ1) is 21.4. The third-order valence-corrected chi connectivity index (χ3v) is 5.21. The van der Waals surface area contributed by atoms with Gasteiger partial charge in [0.05, 0.1) is 11.6 Å². The Balaban J connectivity index is 1.54. The molecule has 2 aromatic heterocycles. The van der Waals surface area contributed by atoms with E-state index in [1.165, 1.54) is 39.9 Å². The number of nitrogens with zero attached hydrogens (tertiary/aromatic N) is 4. The molecule has 1 aliphatic rings. The maximum atomic E-state index is 13.2. The highest BCUT2D eigenvalue weighted by atomic mass is 19.1. The second kappa shape index (κ2) is 8.74. The predicted octanol–water partition coefficient (Wildman–Crippen LogP) is 2.35. The van der Waals surface area contributed by atoms with E-state index in [-0.39, 0.29) is 36.3 Å². The van der Waals surface area contributed by atoms with Gasteiger partial charge in [-0.1, -0.05) is 13.3 Å². The molecule has 3 aromatic rings. The first-order chi connectivity index (χ1) is 15.3. The molecule has 1 aliphatic heterocycles. The van der Waals surface area contributed by atoms with Crippen LogP contribution in [0.5, 0.6) is 0 Å². The Bertz CT molecular complexity index is 1220. The average molecular weight is 438 g/mol. The molecular formula is C22H23FN6O3. The number of rotatable bonds is 6. The molecule has 32 heavy (non-hydrogen) atoms. The summed E-state index contributed by atoms with van der Waals surface area (Å²) in [6.45, 7) is 3.93. The third kappa shape index (κ3) is 4.43. The van der Waals surface area contributed by atoms with E-state index in [1.54, 1.807) is 13.0 Å². The number of nitrogens with one attached hydrogen (secondary N) is 2. The summed E-state index contributed by atoms with van der Waals surface area (Å²) in [5.41, 5.74) is 1.49. The second-order valence-electron chi connectivity index (χ2n) is 7.76. The minimum Gasteiger partial charge on any atom is -0.312 e. The molecule has 166 valence electrons. The Kier molecular flexibility index (Phi) is 5.85. The van der Waals surface area contributed by atoms with Gasteiger partial charge in [0, 0.05) is 36.5 Å². The molecule has 1 atom stereocenters. The van der Waals surface area contributed by atoms with E-state index in [2.05, 4.69) is 20.4 Å². The Morgan fingerprint density at radius 2 is 2.00 bits per heavy atom. The summed E-state index contributed by atoms with van der Waals surface area (Å²) in [5.74, 6) is -0.990. The molecule has 9 nitrogen and oxygen atoms in total. The van der Waals surface area contributed by atoms with E-state index >= 15 is 0 Å². The van der Waals surface area contributed by atoms with Crippen LogP contribution in [0.2, 0.25) is 0 Å². The van der Waals surface area contributed by atoms with Crippen molar-refractivity contribution >= 4 is 23.3 Å². The number of aromatic nitrogens is 4. The fourth-order valence-electron chi connectivity index (χ4n) is 3.71. The van der Waals surface area contributed by atoms with Gasteiger partial charge in [-0.2, -0.15) is 9.78 Å². The quantitative estimate of drug-likeness (QED) is 0.613. The fourth-order valence-corrected chi connectivity index (χ4v) is 3.71. The predicted molar refractivity (Wildman–Crippen MR) is 116 cm³/mol. The zero-order chi connectivity index (χ0) is 22.8. The van der Waals surface area contributed by atoms with Crippen LogP contribution in [0.4, 0.5) is 15.9 Å². The van der Waals surface area contributed by atoms with Gasteiger partial charge in [-0.3, -0.25) is 19.4 Å². The van der Waals surface area contributed by atoms with Crippen LogP contribution in [0.1, 0.15) is 31.2 Å². The van der Waals surface area contributed by atoms with Crippen LogP contribution < -0.4 is 15.8 Å². The monoisotopic (exact) mass is 438 g/mol. The van der Waals surface area contributed by atoms with Crippen molar-refractivity contribution in [3.8, 4) is 5.95 Å². The Hall–Kier alpha value is -3.82. The lowest BCUT2D eigenvalue weighted by atomic mass is 10.1. The van der Waals surface area contributed by atoms with E-state index in [0.29, 0.717) is 29.3 Å². The van der Waals surface area contributed by atoms with E-state index in [0.717, 1.165) is 6.42 Å². The Morgan fingerprint density at radius 1 is 1.25 bits per heavy atom. The third-order valence-electron chi connectivity index (χ3n) is 5.21. The second-order valence-corrected chi connectivity index (χ2v) is 7.76. The lowest BCUT2D eigenvalue weighted by Gasteiger charge is -2.16. The van der Waals surface area contributed by atoms with Gasteiger partial charge in [-0.25, -0.2) is 9.37 Å². The lowest BCUT2D eigenvalue weighted by Crippen LogP contribution is -2.29. The summed E-state index contributed by atoms with van der Waals surface area (Å²) in [4.78, 5) is 46.0. The van der Waals surface area contributed by atoms with Crippen molar-refractivity contribution in [3.05, 3.63) is 64.0 Å². The van der Waals surface area contributed by atoms with Crippen molar-refractivity contribution in [1.82, 2.24) is 19.7 Å². The number of aromatic amines is 1. The first-order valence-corrected chi connectivity index (χ1v) is 10.4. The van der Waals surface area contributed by atoms with E-state index < -0.39 is 11.7 Å². The van der Waals surface area contributed by atoms with Gasteiger partial charge in [0.2, 0.25) is 17.8 Å². The molecule has 4 rings (SSSR count). The van der Waals surface area contributed by atoms with Crippen LogP contribution in [0.15, 0.2) is 41.2 Å². The van der Waals surface area contributed by atoms with E-state index in [1.807, 2.05) is 6.92 Å². The molecule has 3 heterocycles. The largest absolute Gasteiger partial charge is 0.312 e. The summed E-state index contributed by atoms with van der Waals surface area (Å²) in [7, 11) is 0. The molecule has 2 N–H and O–H groups in total. The number of carbonyl (C=O) groups is 2. The average Bonchev–Trinajstić information content (AvgIpc) is 3.31. The zero-order valence-corrected chi connectivity index (χ0v) is 17.8. The topological polar surface area (TPSA) is 113 Å². The van der Waals surface area contributed by atoms with Gasteiger partial charge in [0.1, 0.15) is 11.6 Å². The molecule has 0 spiro atoms. The molecule has 0 radical (unpaired) electrons. The van der Waals surface area contributed by atoms with Crippen LogP contribution in [-0.4, -0.2) is 38.1 Å². The molecule has 1 fully saturated rings. The molecule has 10 heteroatoms. The normalized spacial score (nSPS) is 15.9. The summed E-state index contributed by atoms with van der Waals surface area (Å²) in [6.07, 6.45) is 1.51. The number of benzene rings is 1. The van der Waals surface area contributed by atoms with Gasteiger partial charge < -0.3 is 10.2 Å².